The summed E-state index contributed by atoms with van der Waals surface area (Å²) in [5.41, 5.74) is -0.701. The molecule has 0 bridgehead atoms. The summed E-state index contributed by atoms with van der Waals surface area (Å²) in [7, 11) is -4.39. The molecule has 1 heterocycles. The zero-order valence-corrected chi connectivity index (χ0v) is 25.5. The van der Waals surface area contributed by atoms with Gasteiger partial charge in [-0.1, -0.05) is 35.9 Å². The van der Waals surface area contributed by atoms with Gasteiger partial charge in [-0.25, -0.2) is 12.8 Å². The smallest absolute Gasteiger partial charge is 0.416 e. The minimum atomic E-state index is -4.74. The van der Waals surface area contributed by atoms with Crippen LogP contribution in [0.2, 0.25) is 5.02 Å². The van der Waals surface area contributed by atoms with Gasteiger partial charge in [0.15, 0.2) is 9.84 Å². The second kappa shape index (κ2) is 12.3. The maximum absolute atomic E-state index is 14.5. The van der Waals surface area contributed by atoms with E-state index < -0.39 is 55.0 Å². The van der Waals surface area contributed by atoms with Crippen molar-refractivity contribution >= 4 is 39.1 Å². The van der Waals surface area contributed by atoms with Gasteiger partial charge in [0.2, 0.25) is 0 Å². The van der Waals surface area contributed by atoms with Crippen LogP contribution in [0, 0.1) is 11.2 Å². The van der Waals surface area contributed by atoms with E-state index in [9.17, 15) is 30.8 Å². The van der Waals surface area contributed by atoms with Crippen molar-refractivity contribution in [1.29, 1.82) is 0 Å². The standard InChI is InChI=1S/C32H31ClF4O5S/c1-5-41-30(38)31(3,4)18-22-17-28(43(39,40)23-9-6-8-21(16-23)32(35,36)37)24-15-20(12-13-27(24)42-22)14-19(2)29-25(33)10-7-11-26(29)34/h6-16,22,28H,5,17-18H2,1-4H3/b19-14+/t22-,28-/m0/s1. The molecule has 43 heavy (non-hydrogen) atoms. The second-order valence-corrected chi connectivity index (χ2v) is 13.6. The largest absolute Gasteiger partial charge is 0.490 e. The van der Waals surface area contributed by atoms with Crippen LogP contribution in [0.25, 0.3) is 11.6 Å². The van der Waals surface area contributed by atoms with Crippen molar-refractivity contribution < 1.29 is 40.2 Å². The number of hydrogen-bond acceptors (Lipinski definition) is 5. The van der Waals surface area contributed by atoms with Crippen molar-refractivity contribution in [3.8, 4) is 5.75 Å². The van der Waals surface area contributed by atoms with Crippen molar-refractivity contribution in [3.05, 3.63) is 93.8 Å². The summed E-state index contributed by atoms with van der Waals surface area (Å²) in [6.07, 6.45) is -3.90. The van der Waals surface area contributed by atoms with Crippen molar-refractivity contribution in [2.75, 3.05) is 6.61 Å². The number of esters is 1. The first-order valence-electron chi connectivity index (χ1n) is 13.6. The molecule has 0 spiro atoms. The minimum Gasteiger partial charge on any atom is -0.490 e. The lowest BCUT2D eigenvalue weighted by Gasteiger charge is -2.35. The summed E-state index contributed by atoms with van der Waals surface area (Å²) in [5.74, 6) is -0.792. The molecule has 0 aliphatic carbocycles. The zero-order valence-electron chi connectivity index (χ0n) is 24.0. The molecule has 0 radical (unpaired) electrons. The first-order chi connectivity index (χ1) is 20.0. The number of halogens is 5. The number of sulfone groups is 1. The molecule has 11 heteroatoms. The first-order valence-corrected chi connectivity index (χ1v) is 15.5. The van der Waals surface area contributed by atoms with E-state index in [1.54, 1.807) is 58.0 Å². The van der Waals surface area contributed by atoms with Gasteiger partial charge in [-0.3, -0.25) is 4.79 Å². The Hall–Kier alpha value is -3.37. The summed E-state index contributed by atoms with van der Waals surface area (Å²) < 4.78 is 94.4. The highest BCUT2D eigenvalue weighted by Crippen LogP contribution is 2.46. The van der Waals surface area contributed by atoms with Crippen LogP contribution >= 0.6 is 11.6 Å². The molecule has 4 rings (SSSR count). The van der Waals surface area contributed by atoms with E-state index in [4.69, 9.17) is 21.1 Å². The van der Waals surface area contributed by atoms with Crippen LogP contribution in [-0.2, 0) is 25.5 Å². The Morgan fingerprint density at radius 1 is 1.09 bits per heavy atom. The van der Waals surface area contributed by atoms with E-state index in [1.165, 1.54) is 12.1 Å². The van der Waals surface area contributed by atoms with E-state index in [-0.39, 0.29) is 41.3 Å². The predicted molar refractivity (Wildman–Crippen MR) is 157 cm³/mol. The molecule has 0 aromatic heterocycles. The number of ether oxygens (including phenoxy) is 2. The molecule has 0 fully saturated rings. The minimum absolute atomic E-state index is 0.104. The third-order valence-electron chi connectivity index (χ3n) is 7.32. The van der Waals surface area contributed by atoms with Crippen molar-refractivity contribution in [2.24, 2.45) is 5.41 Å². The topological polar surface area (TPSA) is 69.7 Å². The normalized spacial score (nSPS) is 17.7. The van der Waals surface area contributed by atoms with Gasteiger partial charge in [0, 0.05) is 17.5 Å². The third kappa shape index (κ3) is 7.07. The SMILES string of the molecule is CCOC(=O)C(C)(C)C[C@@H]1C[C@H](S(=O)(=O)c2cccc(C(F)(F)F)c2)c2cc(/C=C(\C)c3c(F)cccc3Cl)ccc2O1. The van der Waals surface area contributed by atoms with Gasteiger partial charge in [0.1, 0.15) is 17.7 Å². The lowest BCUT2D eigenvalue weighted by molar-refractivity contribution is -0.155. The number of carbonyl (C=O) groups excluding carboxylic acids is 1. The number of allylic oxidation sites excluding steroid dienone is 1. The molecule has 1 aliphatic heterocycles. The Labute approximate surface area is 253 Å². The summed E-state index contributed by atoms with van der Waals surface area (Å²) in [5, 5.41) is -1.10. The summed E-state index contributed by atoms with van der Waals surface area (Å²) >= 11 is 6.22. The molecular formula is C32H31ClF4O5S. The van der Waals surface area contributed by atoms with E-state index in [0.29, 0.717) is 17.2 Å². The summed E-state index contributed by atoms with van der Waals surface area (Å²) in [6, 6.07) is 12.7. The number of fused-ring (bicyclic) bond motifs is 1. The Morgan fingerprint density at radius 3 is 2.44 bits per heavy atom. The number of hydrogen-bond donors (Lipinski definition) is 0. The highest BCUT2D eigenvalue weighted by molar-refractivity contribution is 7.91. The maximum atomic E-state index is 14.5. The molecule has 0 amide bonds. The fourth-order valence-corrected chi connectivity index (χ4v) is 7.40. The van der Waals surface area contributed by atoms with Crippen molar-refractivity contribution in [3.63, 3.8) is 0 Å². The van der Waals surface area contributed by atoms with Crippen LogP contribution in [0.5, 0.6) is 5.75 Å². The Balaban J connectivity index is 1.81. The molecule has 0 saturated heterocycles. The molecule has 3 aromatic rings. The quantitative estimate of drug-likeness (QED) is 0.140. The predicted octanol–water partition coefficient (Wildman–Crippen LogP) is 8.70. The van der Waals surface area contributed by atoms with Crippen LogP contribution in [0.4, 0.5) is 17.6 Å². The van der Waals surface area contributed by atoms with Crippen LogP contribution in [0.1, 0.15) is 68.0 Å². The van der Waals surface area contributed by atoms with Gasteiger partial charge in [-0.2, -0.15) is 13.2 Å². The lowest BCUT2D eigenvalue weighted by Crippen LogP contribution is -2.37. The molecule has 230 valence electrons. The number of benzene rings is 3. The molecule has 3 aromatic carbocycles. The van der Waals surface area contributed by atoms with Crippen LogP contribution in [-0.4, -0.2) is 27.1 Å². The summed E-state index contributed by atoms with van der Waals surface area (Å²) in [4.78, 5) is 12.1. The number of carbonyl (C=O) groups is 1. The first kappa shape index (κ1) is 32.5. The molecule has 1 aliphatic rings. The molecule has 2 atom stereocenters. The average molecular weight is 639 g/mol. The second-order valence-electron chi connectivity index (χ2n) is 11.1. The van der Waals surface area contributed by atoms with Crippen LogP contribution < -0.4 is 4.74 Å². The molecule has 0 unspecified atom stereocenters. The maximum Gasteiger partial charge on any atom is 0.416 e. The molecule has 0 N–H and O–H groups in total. The monoisotopic (exact) mass is 638 g/mol. The zero-order chi connectivity index (χ0) is 31.7. The van der Waals surface area contributed by atoms with Crippen LogP contribution in [0.3, 0.4) is 0 Å². The van der Waals surface area contributed by atoms with Crippen molar-refractivity contribution in [1.82, 2.24) is 0 Å². The fourth-order valence-electron chi connectivity index (χ4n) is 5.22. The van der Waals surface area contributed by atoms with Crippen molar-refractivity contribution in [2.45, 2.75) is 63.0 Å². The van der Waals surface area contributed by atoms with Gasteiger partial charge < -0.3 is 9.47 Å². The van der Waals surface area contributed by atoms with E-state index >= 15 is 0 Å². The van der Waals surface area contributed by atoms with Gasteiger partial charge in [-0.15, -0.1) is 0 Å². The van der Waals surface area contributed by atoms with Gasteiger partial charge in [-0.05, 0) is 87.7 Å². The Morgan fingerprint density at radius 2 is 1.79 bits per heavy atom. The van der Waals surface area contributed by atoms with E-state index in [1.807, 2.05) is 0 Å². The fraction of sp³-hybridized carbons (Fsp3) is 0.344. The van der Waals surface area contributed by atoms with E-state index in [2.05, 4.69) is 0 Å². The highest BCUT2D eigenvalue weighted by Gasteiger charge is 2.42. The van der Waals surface area contributed by atoms with Gasteiger partial charge in [0.25, 0.3) is 0 Å². The van der Waals surface area contributed by atoms with Gasteiger partial charge >= 0.3 is 12.1 Å². The Bertz CT molecular complexity index is 1640. The number of alkyl halides is 3. The third-order valence-corrected chi connectivity index (χ3v) is 9.74. The molecule has 5 nitrogen and oxygen atoms in total. The summed E-state index contributed by atoms with van der Waals surface area (Å²) in [6.45, 7) is 6.81. The highest BCUT2D eigenvalue weighted by atomic mass is 35.5. The Kier molecular flexibility index (Phi) is 9.32. The lowest BCUT2D eigenvalue weighted by atomic mass is 9.84. The average Bonchev–Trinajstić information content (AvgIpc) is 2.92. The van der Waals surface area contributed by atoms with E-state index in [0.717, 1.165) is 18.2 Å². The van der Waals surface area contributed by atoms with Crippen LogP contribution in [0.15, 0.2) is 65.6 Å². The number of rotatable bonds is 8. The molecular weight excluding hydrogens is 608 g/mol. The van der Waals surface area contributed by atoms with Gasteiger partial charge in [0.05, 0.1) is 32.8 Å². The molecule has 0 saturated carbocycles.